The number of likely N-dealkylation sites (tertiary alicyclic amines) is 1. The topological polar surface area (TPSA) is 87.9 Å². The molecule has 1 aliphatic carbocycles. The molecule has 0 spiro atoms. The number of benzene rings is 1. The number of hydrogen-bond donors (Lipinski definition) is 0. The highest BCUT2D eigenvalue weighted by Gasteiger charge is 2.45. The third-order valence-electron chi connectivity index (χ3n) is 9.20. The van der Waals surface area contributed by atoms with Gasteiger partial charge in [0.05, 0.1) is 11.6 Å². The number of ether oxygens (including phenoxy) is 4. The van der Waals surface area contributed by atoms with E-state index in [1.807, 2.05) is 36.8 Å². The van der Waals surface area contributed by atoms with Gasteiger partial charge in [-0.1, -0.05) is 12.1 Å². The van der Waals surface area contributed by atoms with Gasteiger partial charge in [0.25, 0.3) is 0 Å². The third kappa shape index (κ3) is 8.64. The van der Waals surface area contributed by atoms with Crippen LogP contribution in [-0.4, -0.2) is 81.9 Å². The predicted octanol–water partition coefficient (Wildman–Crippen LogP) is 8.09. The average molecular weight is 683 g/mol. The van der Waals surface area contributed by atoms with E-state index in [2.05, 4.69) is 39.8 Å². The summed E-state index contributed by atoms with van der Waals surface area (Å²) in [5.41, 5.74) is 3.74. The summed E-state index contributed by atoms with van der Waals surface area (Å²) in [7, 11) is 2.06. The molecule has 0 N–H and O–H groups in total. The molecule has 9 nitrogen and oxygen atoms in total. The summed E-state index contributed by atoms with van der Waals surface area (Å²) in [5, 5.41) is 2.30. The minimum Gasteiger partial charge on any atom is -0.474 e. The molecule has 1 unspecified atom stereocenters. The molecule has 1 aliphatic heterocycles. The van der Waals surface area contributed by atoms with E-state index in [4.69, 9.17) is 18.9 Å². The van der Waals surface area contributed by atoms with E-state index in [9.17, 15) is 18.0 Å². The van der Waals surface area contributed by atoms with Gasteiger partial charge in [-0.05, 0) is 76.1 Å². The Morgan fingerprint density at radius 2 is 1.67 bits per heavy atom. The Morgan fingerprint density at radius 1 is 0.918 bits per heavy atom. The van der Waals surface area contributed by atoms with Gasteiger partial charge >= 0.3 is 12.3 Å². The van der Waals surface area contributed by atoms with Crippen molar-refractivity contribution in [2.75, 3.05) is 26.3 Å². The van der Waals surface area contributed by atoms with Crippen molar-refractivity contribution in [1.82, 2.24) is 19.4 Å². The molecule has 264 valence electrons. The van der Waals surface area contributed by atoms with Gasteiger partial charge in [-0.3, -0.25) is 4.98 Å². The molecule has 49 heavy (non-hydrogen) atoms. The lowest BCUT2D eigenvalue weighted by atomic mass is 9.92. The van der Waals surface area contributed by atoms with Crippen LogP contribution in [0.2, 0.25) is 0 Å². The van der Waals surface area contributed by atoms with Crippen LogP contribution in [0.25, 0.3) is 32.9 Å². The average Bonchev–Trinajstić information content (AvgIpc) is 3.29. The predicted molar refractivity (Wildman–Crippen MR) is 180 cm³/mol. The van der Waals surface area contributed by atoms with Crippen LogP contribution in [0.15, 0.2) is 55.0 Å². The van der Waals surface area contributed by atoms with E-state index in [0.29, 0.717) is 25.3 Å². The van der Waals surface area contributed by atoms with Gasteiger partial charge in [0.1, 0.15) is 11.7 Å². The molecule has 1 aromatic carbocycles. The molecule has 3 aromatic heterocycles. The number of unbranched alkanes of at least 4 members (excludes halogenated alkanes) is 2. The van der Waals surface area contributed by atoms with Gasteiger partial charge in [-0.25, -0.2) is 9.78 Å². The lowest BCUT2D eigenvalue weighted by molar-refractivity contribution is -0.227. The first kappa shape index (κ1) is 34.9. The van der Waals surface area contributed by atoms with Gasteiger partial charge in [-0.15, -0.1) is 0 Å². The van der Waals surface area contributed by atoms with Crippen molar-refractivity contribution in [2.45, 2.75) is 89.4 Å². The van der Waals surface area contributed by atoms with Gasteiger partial charge in [-0.2, -0.15) is 13.2 Å². The molecular weight excluding hydrogens is 637 g/mol. The Kier molecular flexibility index (Phi) is 10.4. The minimum atomic E-state index is -4.44. The molecule has 1 saturated carbocycles. The molecule has 0 radical (unpaired) electrons. The molecule has 1 atom stereocenters. The van der Waals surface area contributed by atoms with E-state index in [1.165, 1.54) is 10.3 Å². The number of hydrogen-bond acceptors (Lipinski definition) is 7. The van der Waals surface area contributed by atoms with Crippen molar-refractivity contribution in [3.05, 3.63) is 55.0 Å². The number of rotatable bonds is 13. The van der Waals surface area contributed by atoms with Crippen molar-refractivity contribution < 1.29 is 36.9 Å². The van der Waals surface area contributed by atoms with Crippen LogP contribution in [0.4, 0.5) is 18.0 Å². The summed E-state index contributed by atoms with van der Waals surface area (Å²) in [6, 6.07) is 12.4. The molecule has 12 heteroatoms. The molecule has 4 aromatic rings. The first-order chi connectivity index (χ1) is 23.3. The summed E-state index contributed by atoms with van der Waals surface area (Å²) in [6.07, 6.45) is 2.33. The van der Waals surface area contributed by atoms with Crippen molar-refractivity contribution in [1.29, 1.82) is 0 Å². The molecule has 2 aliphatic rings. The van der Waals surface area contributed by atoms with Crippen LogP contribution < -0.4 is 4.74 Å². The van der Waals surface area contributed by atoms with Crippen molar-refractivity contribution in [3.63, 3.8) is 0 Å². The maximum absolute atomic E-state index is 13.6. The molecule has 0 bridgehead atoms. The van der Waals surface area contributed by atoms with Crippen LogP contribution in [0.3, 0.4) is 0 Å². The molecule has 4 heterocycles. The van der Waals surface area contributed by atoms with Gasteiger partial charge in [0.2, 0.25) is 5.88 Å². The van der Waals surface area contributed by atoms with Crippen LogP contribution in [-0.2, 0) is 21.3 Å². The molecule has 1 amide bonds. The fourth-order valence-corrected chi connectivity index (χ4v) is 6.42. The van der Waals surface area contributed by atoms with Crippen molar-refractivity contribution in [2.24, 2.45) is 13.0 Å². The largest absolute Gasteiger partial charge is 0.474 e. The Morgan fingerprint density at radius 3 is 2.39 bits per heavy atom. The first-order valence-electron chi connectivity index (χ1n) is 17.1. The summed E-state index contributed by atoms with van der Waals surface area (Å²) < 4.78 is 65.4. The van der Waals surface area contributed by atoms with E-state index < -0.39 is 24.0 Å². The zero-order chi connectivity index (χ0) is 34.8. The van der Waals surface area contributed by atoms with Gasteiger partial charge in [0.15, 0.2) is 6.10 Å². The Balaban J connectivity index is 0.845. The Labute approximate surface area is 284 Å². The lowest BCUT2D eigenvalue weighted by Gasteiger charge is -2.41. The summed E-state index contributed by atoms with van der Waals surface area (Å²) in [4.78, 5) is 22.3. The van der Waals surface area contributed by atoms with E-state index >= 15 is 0 Å². The van der Waals surface area contributed by atoms with Crippen LogP contribution in [0, 0.1) is 5.92 Å². The van der Waals surface area contributed by atoms with Crippen LogP contribution in [0.1, 0.15) is 59.3 Å². The number of halogens is 3. The number of carbonyl (C=O) groups excluding carboxylic acids is 1. The molecule has 2 fully saturated rings. The van der Waals surface area contributed by atoms with E-state index in [-0.39, 0.29) is 44.2 Å². The second-order valence-electron chi connectivity index (χ2n) is 14.2. The smallest absolute Gasteiger partial charge is 0.414 e. The highest BCUT2D eigenvalue weighted by molar-refractivity contribution is 6.08. The Hall–Kier alpha value is -3.90. The van der Waals surface area contributed by atoms with E-state index in [1.54, 1.807) is 20.8 Å². The number of pyridine rings is 2. The van der Waals surface area contributed by atoms with Crippen LogP contribution in [0.5, 0.6) is 5.88 Å². The first-order valence-corrected chi connectivity index (χ1v) is 17.1. The maximum atomic E-state index is 13.6. The Bertz CT molecular complexity index is 1720. The number of amides is 1. The number of aromatic nitrogens is 3. The molecular formula is C37H45F3N4O5. The van der Waals surface area contributed by atoms with Gasteiger partial charge in [0, 0.05) is 92.7 Å². The number of nitrogens with zero attached hydrogens (tertiary/aromatic N) is 4. The lowest BCUT2D eigenvalue weighted by Crippen LogP contribution is -2.53. The number of alkyl halides is 3. The fraction of sp³-hybridized carbons (Fsp3) is 0.541. The second-order valence-corrected chi connectivity index (χ2v) is 14.2. The number of fused-ring (bicyclic) bond motifs is 3. The highest BCUT2D eigenvalue weighted by Crippen LogP contribution is 2.34. The second kappa shape index (κ2) is 14.5. The van der Waals surface area contributed by atoms with Crippen molar-refractivity contribution in [3.8, 4) is 17.0 Å². The summed E-state index contributed by atoms with van der Waals surface area (Å²) in [6.45, 7) is 6.35. The molecule has 1 saturated heterocycles. The number of aryl methyl sites for hydroxylation is 1. The summed E-state index contributed by atoms with van der Waals surface area (Å²) in [5.74, 6) is 0.326. The monoisotopic (exact) mass is 682 g/mol. The van der Waals surface area contributed by atoms with Crippen LogP contribution >= 0.6 is 0 Å². The highest BCUT2D eigenvalue weighted by atomic mass is 19.4. The molecule has 6 rings (SSSR count). The number of carbonyl (C=O) groups is 1. The zero-order valence-corrected chi connectivity index (χ0v) is 28.5. The van der Waals surface area contributed by atoms with E-state index in [0.717, 1.165) is 46.8 Å². The third-order valence-corrected chi connectivity index (χ3v) is 9.20. The van der Waals surface area contributed by atoms with Crippen molar-refractivity contribution >= 4 is 27.9 Å². The minimum absolute atomic E-state index is 0.0350. The fourth-order valence-electron chi connectivity index (χ4n) is 6.42. The quantitative estimate of drug-likeness (QED) is 0.132. The standard InChI is InChI=1S/C37H45F3N4O5/c1-36(2,3)49-35(45)44-22-24(23-44)16-33(37(38,39)40)47-15-7-5-6-14-46-27-18-28(19-27)48-34-11-9-26(20-42-34)25-8-10-29-30-21-41-13-12-31(30)43(4)32(29)17-25/h8-13,17,20-21,24,27-28,33H,5-7,14-16,18-19,22-23H2,1-4H3. The summed E-state index contributed by atoms with van der Waals surface area (Å²) >= 11 is 0. The zero-order valence-electron chi connectivity index (χ0n) is 28.5. The van der Waals surface area contributed by atoms with Gasteiger partial charge < -0.3 is 28.4 Å². The maximum Gasteiger partial charge on any atom is 0.414 e. The normalized spacial score (nSPS) is 19.1. The SMILES string of the molecule is Cn1c2ccncc2c2ccc(-c3ccc(OC4CC(OCCCCCOC(CC5CN(C(=O)OC(C)(C)C)C5)C(F)(F)F)C4)nc3)cc21.